The molecular formula is C11H9N3OS. The van der Waals surface area contributed by atoms with Gasteiger partial charge in [0.15, 0.2) is 0 Å². The van der Waals surface area contributed by atoms with Crippen molar-refractivity contribution in [1.82, 2.24) is 0 Å². The van der Waals surface area contributed by atoms with Crippen molar-refractivity contribution in [3.63, 3.8) is 0 Å². The van der Waals surface area contributed by atoms with Crippen LogP contribution in [0.4, 0.5) is 5.69 Å². The van der Waals surface area contributed by atoms with Gasteiger partial charge in [-0.3, -0.25) is 4.79 Å². The van der Waals surface area contributed by atoms with Gasteiger partial charge in [-0.25, -0.2) is 0 Å². The van der Waals surface area contributed by atoms with E-state index in [4.69, 9.17) is 5.26 Å². The van der Waals surface area contributed by atoms with Gasteiger partial charge in [-0.2, -0.15) is 15.4 Å². The van der Waals surface area contributed by atoms with Crippen LogP contribution in [0.1, 0.15) is 6.92 Å². The third-order valence-corrected chi connectivity index (χ3v) is 3.13. The van der Waals surface area contributed by atoms with Crippen molar-refractivity contribution < 1.29 is 4.79 Å². The summed E-state index contributed by atoms with van der Waals surface area (Å²) in [6.07, 6.45) is 0. The summed E-state index contributed by atoms with van der Waals surface area (Å²) < 4.78 is 0. The molecular weight excluding hydrogens is 222 g/mol. The highest BCUT2D eigenvalue weighted by molar-refractivity contribution is 8.05. The second-order valence-corrected chi connectivity index (χ2v) is 4.21. The number of amides is 1. The standard InChI is InChI=1S/C11H9N3OS/c1-8-10(16-7-12)11(15)14(13-8)9-5-3-2-4-6-9/h2-6,10H,1H3/t10-/m1/s1. The lowest BCUT2D eigenvalue weighted by atomic mass is 10.3. The molecule has 0 spiro atoms. The van der Waals surface area contributed by atoms with Crippen LogP contribution in [-0.2, 0) is 4.79 Å². The fraction of sp³-hybridized carbons (Fsp3) is 0.182. The molecule has 0 aliphatic carbocycles. The molecule has 1 heterocycles. The van der Waals surface area contributed by atoms with E-state index in [1.807, 2.05) is 35.7 Å². The molecule has 4 nitrogen and oxygen atoms in total. The van der Waals surface area contributed by atoms with Gasteiger partial charge in [0.25, 0.3) is 5.91 Å². The number of carbonyl (C=O) groups is 1. The lowest BCUT2D eigenvalue weighted by Gasteiger charge is -2.12. The Hall–Kier alpha value is -1.80. The Kier molecular flexibility index (Phi) is 2.93. The maximum atomic E-state index is 11.9. The van der Waals surface area contributed by atoms with Gasteiger partial charge in [-0.05, 0) is 30.8 Å². The predicted octanol–water partition coefficient (Wildman–Crippen LogP) is 1.99. The number of thioether (sulfide) groups is 1. The van der Waals surface area contributed by atoms with Gasteiger partial charge in [-0.1, -0.05) is 18.2 Å². The Morgan fingerprint density at radius 3 is 2.75 bits per heavy atom. The molecule has 0 radical (unpaired) electrons. The van der Waals surface area contributed by atoms with Gasteiger partial charge >= 0.3 is 0 Å². The number of para-hydroxylation sites is 1. The third-order valence-electron chi connectivity index (χ3n) is 2.24. The zero-order valence-electron chi connectivity index (χ0n) is 8.62. The molecule has 1 amide bonds. The minimum Gasteiger partial charge on any atom is -0.271 e. The maximum absolute atomic E-state index is 11.9. The van der Waals surface area contributed by atoms with Crippen molar-refractivity contribution in [2.24, 2.45) is 5.10 Å². The van der Waals surface area contributed by atoms with Crippen LogP contribution in [0.2, 0.25) is 0 Å². The Morgan fingerprint density at radius 1 is 1.44 bits per heavy atom. The number of anilines is 1. The van der Waals surface area contributed by atoms with Crippen LogP contribution < -0.4 is 5.01 Å². The average Bonchev–Trinajstić information content (AvgIpc) is 2.59. The first-order valence-electron chi connectivity index (χ1n) is 4.73. The summed E-state index contributed by atoms with van der Waals surface area (Å²) in [7, 11) is 0. The third kappa shape index (κ3) is 1.79. The first-order chi connectivity index (χ1) is 7.74. The highest BCUT2D eigenvalue weighted by Gasteiger charge is 2.34. The van der Waals surface area contributed by atoms with Crippen LogP contribution in [0.3, 0.4) is 0 Å². The topological polar surface area (TPSA) is 56.5 Å². The normalized spacial score (nSPS) is 19.5. The summed E-state index contributed by atoms with van der Waals surface area (Å²) >= 11 is 0.937. The molecule has 1 aliphatic heterocycles. The predicted molar refractivity (Wildman–Crippen MR) is 64.0 cm³/mol. The quantitative estimate of drug-likeness (QED) is 0.731. The average molecular weight is 231 g/mol. The van der Waals surface area contributed by atoms with Crippen molar-refractivity contribution in [3.8, 4) is 5.40 Å². The molecule has 0 N–H and O–H groups in total. The molecule has 80 valence electrons. The molecule has 1 aromatic carbocycles. The molecule has 0 saturated heterocycles. The molecule has 1 aliphatic rings. The van der Waals surface area contributed by atoms with Crippen molar-refractivity contribution in [3.05, 3.63) is 30.3 Å². The lowest BCUT2D eigenvalue weighted by Crippen LogP contribution is -2.28. The van der Waals surface area contributed by atoms with E-state index in [1.54, 1.807) is 6.92 Å². The van der Waals surface area contributed by atoms with Crippen molar-refractivity contribution in [2.45, 2.75) is 12.2 Å². The van der Waals surface area contributed by atoms with Crippen LogP contribution in [0, 0.1) is 10.7 Å². The summed E-state index contributed by atoms with van der Waals surface area (Å²) in [5.74, 6) is -0.157. The first kappa shape index (κ1) is 10.7. The Bertz CT molecular complexity index is 478. The molecule has 0 aromatic heterocycles. The van der Waals surface area contributed by atoms with E-state index in [0.29, 0.717) is 5.71 Å². The van der Waals surface area contributed by atoms with Crippen molar-refractivity contribution >= 4 is 29.1 Å². The smallest absolute Gasteiger partial charge is 0.267 e. The molecule has 1 aromatic rings. The number of carbonyl (C=O) groups excluding carboxylic acids is 1. The number of hydrogen-bond acceptors (Lipinski definition) is 4. The van der Waals surface area contributed by atoms with E-state index in [0.717, 1.165) is 17.4 Å². The van der Waals surface area contributed by atoms with Crippen LogP contribution in [0.25, 0.3) is 0 Å². The highest BCUT2D eigenvalue weighted by atomic mass is 32.2. The molecule has 0 saturated carbocycles. The van der Waals surface area contributed by atoms with Gasteiger partial charge in [-0.15, -0.1) is 0 Å². The number of rotatable bonds is 2. The summed E-state index contributed by atoms with van der Waals surface area (Å²) in [5.41, 5.74) is 1.40. The van der Waals surface area contributed by atoms with Gasteiger partial charge in [0, 0.05) is 0 Å². The number of benzene rings is 1. The van der Waals surface area contributed by atoms with E-state index < -0.39 is 5.25 Å². The van der Waals surface area contributed by atoms with Crippen LogP contribution >= 0.6 is 11.8 Å². The first-order valence-corrected chi connectivity index (χ1v) is 5.61. The van der Waals surface area contributed by atoms with Gasteiger partial charge in [0.05, 0.1) is 11.4 Å². The fourth-order valence-corrected chi connectivity index (χ4v) is 2.02. The van der Waals surface area contributed by atoms with Crippen molar-refractivity contribution in [2.75, 3.05) is 5.01 Å². The van der Waals surface area contributed by atoms with Crippen LogP contribution in [-0.4, -0.2) is 16.9 Å². The largest absolute Gasteiger partial charge is 0.271 e. The second kappa shape index (κ2) is 4.37. The van der Waals surface area contributed by atoms with E-state index >= 15 is 0 Å². The SMILES string of the molecule is CC1=NN(c2ccccc2)C(=O)[C@@H]1SC#N. The Morgan fingerprint density at radius 2 is 2.12 bits per heavy atom. The van der Waals surface area contributed by atoms with Crippen LogP contribution in [0.5, 0.6) is 0 Å². The highest BCUT2D eigenvalue weighted by Crippen LogP contribution is 2.26. The van der Waals surface area contributed by atoms with Crippen LogP contribution in [0.15, 0.2) is 35.4 Å². The van der Waals surface area contributed by atoms with E-state index in [2.05, 4.69) is 5.10 Å². The molecule has 16 heavy (non-hydrogen) atoms. The lowest BCUT2D eigenvalue weighted by molar-refractivity contribution is -0.116. The molecule has 0 bridgehead atoms. The van der Waals surface area contributed by atoms with E-state index in [1.165, 1.54) is 5.01 Å². The minimum atomic E-state index is -0.467. The molecule has 1 atom stereocenters. The summed E-state index contributed by atoms with van der Waals surface area (Å²) in [6.45, 7) is 1.76. The zero-order valence-corrected chi connectivity index (χ0v) is 9.44. The fourth-order valence-electron chi connectivity index (χ4n) is 1.49. The zero-order chi connectivity index (χ0) is 11.5. The number of thiocyanates is 1. The van der Waals surface area contributed by atoms with E-state index in [9.17, 15) is 4.79 Å². The van der Waals surface area contributed by atoms with Crippen molar-refractivity contribution in [1.29, 1.82) is 5.26 Å². The van der Waals surface area contributed by atoms with Gasteiger partial charge in [0.2, 0.25) is 0 Å². The number of hydrazone groups is 1. The molecule has 5 heteroatoms. The monoisotopic (exact) mass is 231 g/mol. The maximum Gasteiger partial charge on any atom is 0.267 e. The summed E-state index contributed by atoms with van der Waals surface area (Å²) in [6, 6.07) is 9.20. The van der Waals surface area contributed by atoms with Gasteiger partial charge < -0.3 is 0 Å². The summed E-state index contributed by atoms with van der Waals surface area (Å²) in [4.78, 5) is 11.9. The Labute approximate surface area is 97.6 Å². The molecule has 0 unspecified atom stereocenters. The number of hydrogen-bond donors (Lipinski definition) is 0. The second-order valence-electron chi connectivity index (χ2n) is 3.32. The van der Waals surface area contributed by atoms with Gasteiger partial charge in [0.1, 0.15) is 10.7 Å². The molecule has 0 fully saturated rings. The number of nitrogens with zero attached hydrogens (tertiary/aromatic N) is 3. The molecule has 2 rings (SSSR count). The number of nitriles is 1. The van der Waals surface area contributed by atoms with E-state index in [-0.39, 0.29) is 5.91 Å². The summed E-state index contributed by atoms with van der Waals surface area (Å²) in [5, 5.41) is 15.6. The Balaban J connectivity index is 2.28. The minimum absolute atomic E-state index is 0.157.